The van der Waals surface area contributed by atoms with Crippen molar-refractivity contribution in [3.63, 3.8) is 0 Å². The highest BCUT2D eigenvalue weighted by Crippen LogP contribution is 2.67. The van der Waals surface area contributed by atoms with Crippen molar-refractivity contribution in [1.29, 1.82) is 0 Å². The molecule has 4 nitrogen and oxygen atoms in total. The van der Waals surface area contributed by atoms with Gasteiger partial charge in [0.25, 0.3) is 0 Å². The van der Waals surface area contributed by atoms with E-state index in [0.717, 1.165) is 44.9 Å². The van der Waals surface area contributed by atoms with Gasteiger partial charge in [-0.1, -0.05) is 13.8 Å². The molecule has 0 radical (unpaired) electrons. The largest absolute Gasteiger partial charge is 0.393 e. The fourth-order valence-electron chi connectivity index (χ4n) is 8.00. The molecule has 0 aliphatic heterocycles. The monoisotopic (exact) mass is 350 g/mol. The summed E-state index contributed by atoms with van der Waals surface area (Å²) in [6.07, 6.45) is 7.12. The Hall–Kier alpha value is -0.450. The SMILES string of the molecule is C[C@]12CC[C@@H](O)C[C@H]1CCC1[C@@H]2[C@@H](O)C[C@]2(C)[C@@H](C(=O)CO)CC[C@@H]12. The molecule has 0 aromatic carbocycles. The molecular weight excluding hydrogens is 316 g/mol. The number of ketones is 1. The van der Waals surface area contributed by atoms with E-state index in [4.69, 9.17) is 0 Å². The molecule has 0 heterocycles. The van der Waals surface area contributed by atoms with Gasteiger partial charge in [0, 0.05) is 5.92 Å². The minimum absolute atomic E-state index is 0.0312. The maximum absolute atomic E-state index is 12.3. The Morgan fingerprint density at radius 3 is 2.52 bits per heavy atom. The third kappa shape index (κ3) is 2.47. The van der Waals surface area contributed by atoms with E-state index < -0.39 is 0 Å². The van der Waals surface area contributed by atoms with Crippen LogP contribution in [0.5, 0.6) is 0 Å². The Morgan fingerprint density at radius 1 is 1.04 bits per heavy atom. The molecule has 4 aliphatic carbocycles. The summed E-state index contributed by atoms with van der Waals surface area (Å²) in [5, 5.41) is 30.7. The van der Waals surface area contributed by atoms with E-state index in [9.17, 15) is 20.1 Å². The molecule has 4 heteroatoms. The third-order valence-corrected chi connectivity index (χ3v) is 9.11. The molecular formula is C21H34O4. The molecule has 0 aromatic rings. The van der Waals surface area contributed by atoms with E-state index in [0.29, 0.717) is 30.1 Å². The van der Waals surface area contributed by atoms with Crippen LogP contribution in [0.4, 0.5) is 0 Å². The van der Waals surface area contributed by atoms with Gasteiger partial charge in [-0.25, -0.2) is 0 Å². The summed E-state index contributed by atoms with van der Waals surface area (Å²) in [5.41, 5.74) is -0.0280. The van der Waals surface area contributed by atoms with Crippen molar-refractivity contribution >= 4 is 5.78 Å². The molecule has 3 N–H and O–H groups in total. The Kier molecular flexibility index (Phi) is 4.33. The second-order valence-corrected chi connectivity index (χ2v) is 10.0. The predicted molar refractivity (Wildman–Crippen MR) is 94.7 cm³/mol. The van der Waals surface area contributed by atoms with Crippen LogP contribution < -0.4 is 0 Å². The predicted octanol–water partition coefficient (Wildman–Crippen LogP) is 2.54. The zero-order chi connectivity index (χ0) is 18.0. The van der Waals surface area contributed by atoms with Crippen LogP contribution in [0.2, 0.25) is 0 Å². The van der Waals surface area contributed by atoms with Gasteiger partial charge >= 0.3 is 0 Å². The molecule has 1 unspecified atom stereocenters. The number of hydrogen-bond acceptors (Lipinski definition) is 4. The van der Waals surface area contributed by atoms with Crippen molar-refractivity contribution in [2.45, 2.75) is 77.4 Å². The summed E-state index contributed by atoms with van der Waals surface area (Å²) in [5.74, 6) is 1.69. The van der Waals surface area contributed by atoms with E-state index >= 15 is 0 Å². The normalized spacial score (nSPS) is 55.2. The molecule has 4 fully saturated rings. The lowest BCUT2D eigenvalue weighted by molar-refractivity contribution is -0.179. The average Bonchev–Trinajstić information content (AvgIpc) is 2.91. The topological polar surface area (TPSA) is 77.8 Å². The maximum atomic E-state index is 12.3. The zero-order valence-corrected chi connectivity index (χ0v) is 15.7. The highest BCUT2D eigenvalue weighted by molar-refractivity contribution is 5.83. The first-order chi connectivity index (χ1) is 11.8. The number of aliphatic hydroxyl groups is 3. The van der Waals surface area contributed by atoms with Gasteiger partial charge in [-0.05, 0) is 85.9 Å². The van der Waals surface area contributed by atoms with Crippen LogP contribution in [0, 0.1) is 40.4 Å². The van der Waals surface area contributed by atoms with Crippen LogP contribution in [0.25, 0.3) is 0 Å². The molecule has 0 saturated heterocycles. The van der Waals surface area contributed by atoms with Gasteiger partial charge in [0.05, 0.1) is 12.2 Å². The fourth-order valence-corrected chi connectivity index (χ4v) is 8.00. The van der Waals surface area contributed by atoms with Crippen LogP contribution in [-0.2, 0) is 4.79 Å². The molecule has 0 amide bonds. The first-order valence-electron chi connectivity index (χ1n) is 10.3. The van der Waals surface area contributed by atoms with E-state index in [2.05, 4.69) is 13.8 Å². The van der Waals surface area contributed by atoms with Crippen LogP contribution in [0.15, 0.2) is 0 Å². The minimum Gasteiger partial charge on any atom is -0.393 e. The van der Waals surface area contributed by atoms with Crippen molar-refractivity contribution < 1.29 is 20.1 Å². The first-order valence-corrected chi connectivity index (χ1v) is 10.3. The molecule has 0 aromatic heterocycles. The van der Waals surface area contributed by atoms with Crippen molar-refractivity contribution in [3.8, 4) is 0 Å². The molecule has 0 spiro atoms. The number of hydrogen-bond donors (Lipinski definition) is 3. The number of carbonyl (C=O) groups is 1. The smallest absolute Gasteiger partial charge is 0.161 e. The standard InChI is InChI=1S/C21H34O4/c1-20-8-7-13(23)9-12(20)3-4-14-15-5-6-16(18(25)11-22)21(15,2)10-17(24)19(14)20/h12-17,19,22-24H,3-11H2,1-2H3/t12-,13-,14?,15+,16-,17+,19-,20+,21+/m1/s1. The van der Waals surface area contributed by atoms with Crippen molar-refractivity contribution in [2.24, 2.45) is 40.4 Å². The van der Waals surface area contributed by atoms with E-state index in [1.54, 1.807) is 0 Å². The van der Waals surface area contributed by atoms with Crippen LogP contribution in [0.3, 0.4) is 0 Å². The molecule has 25 heavy (non-hydrogen) atoms. The van der Waals surface area contributed by atoms with Crippen LogP contribution in [-0.4, -0.2) is 39.9 Å². The van der Waals surface area contributed by atoms with Gasteiger partial charge in [-0.3, -0.25) is 4.79 Å². The number of fused-ring (bicyclic) bond motifs is 5. The molecule has 4 aliphatic rings. The third-order valence-electron chi connectivity index (χ3n) is 9.11. The summed E-state index contributed by atoms with van der Waals surface area (Å²) in [7, 11) is 0. The maximum Gasteiger partial charge on any atom is 0.161 e. The number of rotatable bonds is 2. The summed E-state index contributed by atoms with van der Waals surface area (Å²) < 4.78 is 0. The van der Waals surface area contributed by atoms with Crippen LogP contribution in [0.1, 0.15) is 65.2 Å². The van der Waals surface area contributed by atoms with E-state index in [1.165, 1.54) is 0 Å². The van der Waals surface area contributed by atoms with Crippen LogP contribution >= 0.6 is 0 Å². The Labute approximate surface area is 151 Å². The summed E-state index contributed by atoms with van der Waals surface area (Å²) >= 11 is 0. The molecule has 9 atom stereocenters. The van der Waals surface area contributed by atoms with Gasteiger partial charge < -0.3 is 15.3 Å². The van der Waals surface area contributed by atoms with Gasteiger partial charge in [-0.2, -0.15) is 0 Å². The Balaban J connectivity index is 1.65. The average molecular weight is 350 g/mol. The summed E-state index contributed by atoms with van der Waals surface area (Å²) in [4.78, 5) is 12.3. The minimum atomic E-state index is -0.366. The number of aliphatic hydroxyl groups excluding tert-OH is 3. The molecule has 142 valence electrons. The quantitative estimate of drug-likeness (QED) is 0.715. The lowest BCUT2D eigenvalue weighted by atomic mass is 9.44. The fraction of sp³-hybridized carbons (Fsp3) is 0.952. The lowest BCUT2D eigenvalue weighted by Crippen LogP contribution is -2.59. The van der Waals surface area contributed by atoms with Gasteiger partial charge in [-0.15, -0.1) is 0 Å². The van der Waals surface area contributed by atoms with E-state index in [-0.39, 0.29) is 41.3 Å². The Morgan fingerprint density at radius 2 is 1.80 bits per heavy atom. The molecule has 4 saturated carbocycles. The second kappa shape index (κ2) is 6.03. The highest BCUT2D eigenvalue weighted by atomic mass is 16.3. The lowest BCUT2D eigenvalue weighted by Gasteiger charge is -2.62. The number of Topliss-reactive ketones (excluding diaryl/α,β-unsaturated/α-hetero) is 1. The zero-order valence-electron chi connectivity index (χ0n) is 15.7. The van der Waals surface area contributed by atoms with E-state index in [1.807, 2.05) is 0 Å². The highest BCUT2D eigenvalue weighted by Gasteiger charge is 2.63. The molecule has 4 rings (SSSR count). The van der Waals surface area contributed by atoms with Crippen molar-refractivity contribution in [3.05, 3.63) is 0 Å². The van der Waals surface area contributed by atoms with Crippen molar-refractivity contribution in [2.75, 3.05) is 6.61 Å². The van der Waals surface area contributed by atoms with Gasteiger partial charge in [0.1, 0.15) is 6.61 Å². The van der Waals surface area contributed by atoms with Gasteiger partial charge in [0.2, 0.25) is 0 Å². The Bertz CT molecular complexity index is 548. The number of carbonyl (C=O) groups excluding carboxylic acids is 1. The van der Waals surface area contributed by atoms with Gasteiger partial charge in [0.15, 0.2) is 5.78 Å². The van der Waals surface area contributed by atoms with Crippen molar-refractivity contribution in [1.82, 2.24) is 0 Å². The second-order valence-electron chi connectivity index (χ2n) is 10.0. The summed E-state index contributed by atoms with van der Waals surface area (Å²) in [6.45, 7) is 4.19. The summed E-state index contributed by atoms with van der Waals surface area (Å²) in [6, 6.07) is 0. The molecule has 0 bridgehead atoms. The first kappa shape index (κ1) is 17.9.